The summed E-state index contributed by atoms with van der Waals surface area (Å²) in [4.78, 5) is 13.5. The van der Waals surface area contributed by atoms with Crippen LogP contribution in [0, 0.1) is 11.3 Å². The summed E-state index contributed by atoms with van der Waals surface area (Å²) in [6.45, 7) is 0.674. The maximum Gasteiger partial charge on any atom is 0.236 e. The van der Waals surface area contributed by atoms with Gasteiger partial charge in [0.1, 0.15) is 5.75 Å². The van der Waals surface area contributed by atoms with Crippen LogP contribution in [0.1, 0.15) is 17.2 Å². The molecule has 0 aliphatic carbocycles. The number of benzene rings is 1. The van der Waals surface area contributed by atoms with Crippen molar-refractivity contribution in [2.45, 2.75) is 12.5 Å². The average molecular weight is 200 g/mol. The molecule has 15 heavy (non-hydrogen) atoms. The van der Waals surface area contributed by atoms with E-state index in [1.807, 2.05) is 18.2 Å². The lowest BCUT2D eigenvalue weighted by Gasteiger charge is -2.04. The Hall–Kier alpha value is -2.11. The predicted octanol–water partition coefficient (Wildman–Crippen LogP) is 1.52. The molecule has 1 aliphatic rings. The van der Waals surface area contributed by atoms with Crippen molar-refractivity contribution in [2.24, 2.45) is 4.99 Å². The molecule has 2 rings (SSSR count). The van der Waals surface area contributed by atoms with Crippen LogP contribution in [0.15, 0.2) is 23.2 Å². The zero-order valence-electron chi connectivity index (χ0n) is 7.93. The van der Waals surface area contributed by atoms with Crippen molar-refractivity contribution >= 4 is 6.08 Å². The van der Waals surface area contributed by atoms with Crippen molar-refractivity contribution in [3.63, 3.8) is 0 Å². The van der Waals surface area contributed by atoms with E-state index in [0.717, 1.165) is 17.7 Å². The van der Waals surface area contributed by atoms with E-state index in [2.05, 4.69) is 4.99 Å². The third-order valence-electron chi connectivity index (χ3n) is 2.33. The summed E-state index contributed by atoms with van der Waals surface area (Å²) in [6, 6.07) is 6.60. The van der Waals surface area contributed by atoms with Crippen molar-refractivity contribution in [3.8, 4) is 11.8 Å². The van der Waals surface area contributed by atoms with E-state index in [-0.39, 0.29) is 0 Å². The van der Waals surface area contributed by atoms with Gasteiger partial charge in [0.25, 0.3) is 0 Å². The van der Waals surface area contributed by atoms with Crippen LogP contribution in [-0.2, 0) is 11.2 Å². The monoisotopic (exact) mass is 200 g/mol. The zero-order valence-corrected chi connectivity index (χ0v) is 7.93. The van der Waals surface area contributed by atoms with Gasteiger partial charge in [0.2, 0.25) is 6.08 Å². The van der Waals surface area contributed by atoms with Gasteiger partial charge in [-0.15, -0.1) is 0 Å². The number of rotatable bonds is 2. The van der Waals surface area contributed by atoms with Crippen molar-refractivity contribution in [2.75, 3.05) is 6.61 Å². The summed E-state index contributed by atoms with van der Waals surface area (Å²) < 4.78 is 5.34. The quantitative estimate of drug-likeness (QED) is 0.537. The molecule has 4 heteroatoms. The summed E-state index contributed by atoms with van der Waals surface area (Å²) in [5, 5.41) is 8.81. The summed E-state index contributed by atoms with van der Waals surface area (Å²) >= 11 is 0. The van der Waals surface area contributed by atoms with Gasteiger partial charge in [-0.05, 0) is 23.3 Å². The third kappa shape index (κ3) is 1.74. The Morgan fingerprint density at radius 2 is 2.40 bits per heavy atom. The van der Waals surface area contributed by atoms with Crippen LogP contribution in [0.4, 0.5) is 0 Å². The molecule has 0 saturated carbocycles. The zero-order chi connectivity index (χ0) is 10.7. The van der Waals surface area contributed by atoms with Gasteiger partial charge < -0.3 is 4.74 Å². The molecule has 1 heterocycles. The molecule has 0 fully saturated rings. The highest BCUT2D eigenvalue weighted by atomic mass is 16.5. The molecule has 1 atom stereocenters. The van der Waals surface area contributed by atoms with Crippen molar-refractivity contribution in [1.29, 1.82) is 5.26 Å². The first-order valence-corrected chi connectivity index (χ1v) is 4.57. The number of hydrogen-bond acceptors (Lipinski definition) is 4. The van der Waals surface area contributed by atoms with Crippen molar-refractivity contribution in [3.05, 3.63) is 29.3 Å². The standard InChI is InChI=1S/C11H8N2O2/c12-6-10(13-7-14)8-1-2-11-9(5-8)3-4-15-11/h1-2,5,10H,3-4H2. The molecule has 74 valence electrons. The Morgan fingerprint density at radius 3 is 3.13 bits per heavy atom. The molecule has 1 aromatic rings. The smallest absolute Gasteiger partial charge is 0.236 e. The highest BCUT2D eigenvalue weighted by Crippen LogP contribution is 2.28. The van der Waals surface area contributed by atoms with Gasteiger partial charge in [-0.1, -0.05) is 6.07 Å². The second-order valence-electron chi connectivity index (χ2n) is 3.22. The first kappa shape index (κ1) is 9.45. The fourth-order valence-corrected chi connectivity index (χ4v) is 1.61. The Labute approximate surface area is 86.8 Å². The number of nitrogens with zero attached hydrogens (tertiary/aromatic N) is 2. The number of ether oxygens (including phenoxy) is 1. The highest BCUT2D eigenvalue weighted by Gasteiger charge is 2.15. The first-order valence-electron chi connectivity index (χ1n) is 4.57. The fraction of sp³-hybridized carbons (Fsp3) is 0.273. The first-order chi connectivity index (χ1) is 7.35. The summed E-state index contributed by atoms with van der Waals surface area (Å²) in [7, 11) is 0. The average Bonchev–Trinajstić information content (AvgIpc) is 2.72. The number of isocyanates is 1. The lowest BCUT2D eigenvalue weighted by atomic mass is 10.0. The van der Waals surface area contributed by atoms with Crippen molar-refractivity contribution < 1.29 is 9.53 Å². The molecule has 0 saturated heterocycles. The lowest BCUT2D eigenvalue weighted by molar-refractivity contribution is 0.357. The maximum atomic E-state index is 10.1. The minimum absolute atomic E-state index is 0.674. The summed E-state index contributed by atoms with van der Waals surface area (Å²) in [6.07, 6.45) is 2.25. The van der Waals surface area contributed by atoms with E-state index in [4.69, 9.17) is 10.00 Å². The van der Waals surface area contributed by atoms with Gasteiger partial charge in [-0.3, -0.25) is 0 Å². The molecule has 1 aliphatic heterocycles. The predicted molar refractivity (Wildman–Crippen MR) is 52.1 cm³/mol. The molecule has 4 nitrogen and oxygen atoms in total. The van der Waals surface area contributed by atoms with E-state index in [1.165, 1.54) is 6.08 Å². The van der Waals surface area contributed by atoms with Crippen LogP contribution in [0.2, 0.25) is 0 Å². The molecule has 0 bridgehead atoms. The van der Waals surface area contributed by atoms with E-state index in [0.29, 0.717) is 12.2 Å². The third-order valence-corrected chi connectivity index (χ3v) is 2.33. The van der Waals surface area contributed by atoms with Gasteiger partial charge in [-0.2, -0.15) is 10.3 Å². The van der Waals surface area contributed by atoms with Crippen LogP contribution in [0.5, 0.6) is 5.75 Å². The minimum Gasteiger partial charge on any atom is -0.493 e. The van der Waals surface area contributed by atoms with Gasteiger partial charge in [0, 0.05) is 6.42 Å². The van der Waals surface area contributed by atoms with Gasteiger partial charge in [-0.25, -0.2) is 4.79 Å². The van der Waals surface area contributed by atoms with Gasteiger partial charge >= 0.3 is 0 Å². The molecular formula is C11H8N2O2. The normalized spacial score (nSPS) is 14.3. The van der Waals surface area contributed by atoms with E-state index in [1.54, 1.807) is 6.07 Å². The lowest BCUT2D eigenvalue weighted by Crippen LogP contribution is -1.92. The van der Waals surface area contributed by atoms with Crippen molar-refractivity contribution in [1.82, 2.24) is 0 Å². The van der Waals surface area contributed by atoms with Gasteiger partial charge in [0.15, 0.2) is 6.04 Å². The molecular weight excluding hydrogens is 192 g/mol. The topological polar surface area (TPSA) is 62.5 Å². The van der Waals surface area contributed by atoms with E-state index < -0.39 is 6.04 Å². The number of fused-ring (bicyclic) bond motifs is 1. The highest BCUT2D eigenvalue weighted by molar-refractivity contribution is 5.44. The SMILES string of the molecule is N#CC(N=C=O)c1ccc2c(c1)CCO2. The summed E-state index contributed by atoms with van der Waals surface area (Å²) in [5.74, 6) is 0.852. The van der Waals surface area contributed by atoms with E-state index >= 15 is 0 Å². The largest absolute Gasteiger partial charge is 0.493 e. The second kappa shape index (κ2) is 3.95. The Morgan fingerprint density at radius 1 is 1.53 bits per heavy atom. The number of nitriles is 1. The molecule has 0 amide bonds. The van der Waals surface area contributed by atoms with Crippen LogP contribution in [-0.4, -0.2) is 12.7 Å². The molecule has 0 aromatic heterocycles. The van der Waals surface area contributed by atoms with Crippen LogP contribution in [0.25, 0.3) is 0 Å². The molecule has 1 aromatic carbocycles. The second-order valence-corrected chi connectivity index (χ2v) is 3.22. The van der Waals surface area contributed by atoms with Gasteiger partial charge in [0.05, 0.1) is 12.7 Å². The molecule has 1 unspecified atom stereocenters. The number of carbonyl (C=O) groups excluding carboxylic acids is 1. The molecule has 0 spiro atoms. The minimum atomic E-state index is -0.756. The molecule has 0 radical (unpaired) electrons. The van der Waals surface area contributed by atoms with E-state index in [9.17, 15) is 4.79 Å². The van der Waals surface area contributed by atoms with Crippen LogP contribution < -0.4 is 4.74 Å². The number of aliphatic imine (C=N–C) groups is 1. The molecule has 0 N–H and O–H groups in total. The Balaban J connectivity index is 2.37. The maximum absolute atomic E-state index is 10.1. The number of hydrogen-bond donors (Lipinski definition) is 0. The van der Waals surface area contributed by atoms with Crippen LogP contribution in [0.3, 0.4) is 0 Å². The Bertz CT molecular complexity index is 470. The fourth-order valence-electron chi connectivity index (χ4n) is 1.61. The summed E-state index contributed by atoms with van der Waals surface area (Å²) in [5.41, 5.74) is 1.78. The van der Waals surface area contributed by atoms with Crippen LogP contribution >= 0.6 is 0 Å². The Kier molecular flexibility index (Phi) is 2.49.